The fraction of sp³-hybridized carbons (Fsp3) is 0.579. The number of azo groups is 1. The highest BCUT2D eigenvalue weighted by Crippen LogP contribution is 2.10. The Morgan fingerprint density at radius 3 is 2.68 bits per heavy atom. The quantitative estimate of drug-likeness (QED) is 0.268. The van der Waals surface area contributed by atoms with Gasteiger partial charge in [0.2, 0.25) is 6.04 Å². The van der Waals surface area contributed by atoms with Gasteiger partial charge in [-0.2, -0.15) is 10.2 Å². The number of hydrogen-bond acceptors (Lipinski definition) is 6. The first-order valence-corrected chi connectivity index (χ1v) is 10.0. The molecule has 3 N–H and O–H groups in total. The average Bonchev–Trinajstić information content (AvgIpc) is 2.70. The molecule has 0 aliphatic carbocycles. The number of morpholine rings is 1. The van der Waals surface area contributed by atoms with Gasteiger partial charge in [0, 0.05) is 18.1 Å². The maximum absolute atomic E-state index is 12.7. The molecular weight excluding hydrogens is 380 g/mol. The summed E-state index contributed by atoms with van der Waals surface area (Å²) in [4.78, 5) is 17.1. The third-order valence-corrected chi connectivity index (χ3v) is 4.48. The molecule has 2 rings (SSSR count). The summed E-state index contributed by atoms with van der Waals surface area (Å²) in [6.45, 7) is 5.42. The van der Waals surface area contributed by atoms with E-state index in [1.54, 1.807) is 17.1 Å². The van der Waals surface area contributed by atoms with E-state index in [4.69, 9.17) is 22.1 Å². The van der Waals surface area contributed by atoms with Gasteiger partial charge >= 0.3 is 0 Å². The highest BCUT2D eigenvalue weighted by molar-refractivity contribution is 6.30. The Labute approximate surface area is 171 Å². The zero-order valence-electron chi connectivity index (χ0n) is 16.3. The smallest absolute Gasteiger partial charge is 0.268 e. The molecule has 1 heterocycles. The predicted molar refractivity (Wildman–Crippen MR) is 110 cm³/mol. The summed E-state index contributed by atoms with van der Waals surface area (Å²) < 4.78 is 5.29. The number of amidine groups is 1. The minimum absolute atomic E-state index is 0.139. The van der Waals surface area contributed by atoms with Crippen LogP contribution in [-0.2, 0) is 16.1 Å². The molecule has 8 nitrogen and oxygen atoms in total. The van der Waals surface area contributed by atoms with Crippen LogP contribution in [0.1, 0.15) is 31.7 Å². The van der Waals surface area contributed by atoms with Crippen molar-refractivity contribution < 1.29 is 9.53 Å². The Morgan fingerprint density at radius 1 is 1.29 bits per heavy atom. The number of nitrogens with one attached hydrogen (secondary N) is 1. The lowest BCUT2D eigenvalue weighted by Crippen LogP contribution is -2.53. The molecule has 28 heavy (non-hydrogen) atoms. The Morgan fingerprint density at radius 2 is 2.00 bits per heavy atom. The van der Waals surface area contributed by atoms with Crippen molar-refractivity contribution in [1.82, 2.24) is 10.4 Å². The van der Waals surface area contributed by atoms with Crippen LogP contribution in [0.3, 0.4) is 0 Å². The number of rotatable bonds is 10. The second-order valence-electron chi connectivity index (χ2n) is 6.53. The summed E-state index contributed by atoms with van der Waals surface area (Å²) in [6, 6.07) is 6.37. The van der Waals surface area contributed by atoms with Gasteiger partial charge in [0.15, 0.2) is 0 Å². The largest absolute Gasteiger partial charge is 0.385 e. The molecule has 9 heteroatoms. The number of carbonyl (C=O) groups excluding carboxylic acids is 1. The van der Waals surface area contributed by atoms with Crippen LogP contribution in [0.4, 0.5) is 0 Å². The zero-order valence-corrected chi connectivity index (χ0v) is 17.1. The first-order chi connectivity index (χ1) is 13.6. The molecular formula is C19H29ClN6O2. The van der Waals surface area contributed by atoms with E-state index in [2.05, 4.69) is 27.6 Å². The van der Waals surface area contributed by atoms with Crippen molar-refractivity contribution in [3.8, 4) is 0 Å². The molecule has 154 valence electrons. The molecule has 1 aliphatic rings. The Hall–Kier alpha value is -2.03. The summed E-state index contributed by atoms with van der Waals surface area (Å²) >= 11 is 5.90. The van der Waals surface area contributed by atoms with Crippen molar-refractivity contribution >= 4 is 23.3 Å². The van der Waals surface area contributed by atoms with Gasteiger partial charge in [-0.15, -0.1) is 0 Å². The predicted octanol–water partition coefficient (Wildman–Crippen LogP) is 2.57. The van der Waals surface area contributed by atoms with Gasteiger partial charge < -0.3 is 10.5 Å². The summed E-state index contributed by atoms with van der Waals surface area (Å²) in [5.74, 6) is -0.196. The van der Waals surface area contributed by atoms with Crippen LogP contribution in [0.2, 0.25) is 5.02 Å². The van der Waals surface area contributed by atoms with E-state index >= 15 is 0 Å². The highest BCUT2D eigenvalue weighted by atomic mass is 35.5. The molecule has 1 unspecified atom stereocenters. The monoisotopic (exact) mass is 408 g/mol. The van der Waals surface area contributed by atoms with Crippen molar-refractivity contribution in [1.29, 1.82) is 0 Å². The number of carbonyl (C=O) groups is 1. The SMILES string of the molecule is CCCCCN=NC(C(=O)NN1CCOCC1)C(N)=NCc1ccc(Cl)cc1. The second kappa shape index (κ2) is 12.4. The van der Waals surface area contributed by atoms with E-state index in [0.29, 0.717) is 44.4 Å². The molecule has 0 aromatic heterocycles. The van der Waals surface area contributed by atoms with Gasteiger partial charge in [0.25, 0.3) is 5.91 Å². The number of nitrogens with zero attached hydrogens (tertiary/aromatic N) is 4. The fourth-order valence-electron chi connectivity index (χ4n) is 2.57. The van der Waals surface area contributed by atoms with Crippen molar-refractivity contribution in [3.63, 3.8) is 0 Å². The van der Waals surface area contributed by atoms with Crippen molar-refractivity contribution in [2.75, 3.05) is 32.8 Å². The van der Waals surface area contributed by atoms with Gasteiger partial charge in [0.1, 0.15) is 5.84 Å². The van der Waals surface area contributed by atoms with Gasteiger partial charge in [-0.3, -0.25) is 15.2 Å². The van der Waals surface area contributed by atoms with Crippen LogP contribution in [0.25, 0.3) is 0 Å². The van der Waals surface area contributed by atoms with Crippen LogP contribution >= 0.6 is 11.6 Å². The lowest BCUT2D eigenvalue weighted by Gasteiger charge is -2.27. The summed E-state index contributed by atoms with van der Waals surface area (Å²) in [5.41, 5.74) is 9.89. The highest BCUT2D eigenvalue weighted by Gasteiger charge is 2.25. The number of halogens is 1. The first-order valence-electron chi connectivity index (χ1n) is 9.64. The molecule has 1 atom stereocenters. The van der Waals surface area contributed by atoms with Crippen molar-refractivity contribution in [3.05, 3.63) is 34.9 Å². The summed E-state index contributed by atoms with van der Waals surface area (Å²) in [7, 11) is 0. The average molecular weight is 409 g/mol. The molecule has 0 bridgehead atoms. The lowest BCUT2D eigenvalue weighted by molar-refractivity contribution is -0.127. The number of nitrogens with two attached hydrogens (primary N) is 1. The van der Waals surface area contributed by atoms with E-state index < -0.39 is 6.04 Å². The molecule has 0 saturated carbocycles. The van der Waals surface area contributed by atoms with Crippen LogP contribution in [0.15, 0.2) is 39.5 Å². The minimum atomic E-state index is -0.947. The molecule has 0 spiro atoms. The van der Waals surface area contributed by atoms with Gasteiger partial charge in [-0.05, 0) is 24.1 Å². The number of hydrazine groups is 1. The first kappa shape index (κ1) is 22.3. The van der Waals surface area contributed by atoms with E-state index in [9.17, 15) is 4.79 Å². The number of unbranched alkanes of at least 4 members (excludes halogenated alkanes) is 2. The molecule has 1 fully saturated rings. The van der Waals surface area contributed by atoms with Gasteiger partial charge in [0.05, 0.1) is 26.3 Å². The number of ether oxygens (including phenoxy) is 1. The van der Waals surface area contributed by atoms with Crippen LogP contribution < -0.4 is 11.2 Å². The normalized spacial score (nSPS) is 17.0. The lowest BCUT2D eigenvalue weighted by atomic mass is 10.2. The van der Waals surface area contributed by atoms with Crippen LogP contribution in [-0.4, -0.2) is 55.6 Å². The Bertz CT molecular complexity index is 659. The third-order valence-electron chi connectivity index (χ3n) is 4.22. The van der Waals surface area contributed by atoms with E-state index in [1.807, 2.05) is 12.1 Å². The van der Waals surface area contributed by atoms with Crippen molar-refractivity contribution in [2.24, 2.45) is 21.0 Å². The van der Waals surface area contributed by atoms with Crippen LogP contribution in [0.5, 0.6) is 0 Å². The number of hydrogen-bond donors (Lipinski definition) is 2. The Kier molecular flexibility index (Phi) is 9.88. The molecule has 1 aromatic rings. The standard InChI is InChI=1S/C19H29ClN6O2/c1-2-3-4-9-23-24-17(19(27)25-26-10-12-28-13-11-26)18(21)22-14-15-5-7-16(20)8-6-15/h5-8,17H,2-4,9-14H2,1H3,(H2,21,22)(H,25,27). The number of aliphatic imine (C=N–C) groups is 1. The van der Waals surface area contributed by atoms with Gasteiger partial charge in [-0.25, -0.2) is 5.01 Å². The van der Waals surface area contributed by atoms with Gasteiger partial charge in [-0.1, -0.05) is 43.5 Å². The Balaban J connectivity index is 2.02. The van der Waals surface area contributed by atoms with E-state index in [1.165, 1.54) is 0 Å². The molecule has 0 radical (unpaired) electrons. The molecule has 1 aliphatic heterocycles. The van der Waals surface area contributed by atoms with E-state index in [-0.39, 0.29) is 11.7 Å². The fourth-order valence-corrected chi connectivity index (χ4v) is 2.69. The zero-order chi connectivity index (χ0) is 20.2. The van der Waals surface area contributed by atoms with E-state index in [0.717, 1.165) is 24.8 Å². The second-order valence-corrected chi connectivity index (χ2v) is 6.97. The molecule has 1 saturated heterocycles. The molecule has 1 aromatic carbocycles. The third kappa shape index (κ3) is 7.92. The van der Waals surface area contributed by atoms with Crippen molar-refractivity contribution in [2.45, 2.75) is 38.8 Å². The number of benzene rings is 1. The summed E-state index contributed by atoms with van der Waals surface area (Å²) in [6.07, 6.45) is 3.10. The topological polar surface area (TPSA) is 105 Å². The van der Waals surface area contributed by atoms with Crippen LogP contribution in [0, 0.1) is 0 Å². The maximum atomic E-state index is 12.7. The maximum Gasteiger partial charge on any atom is 0.268 e. The summed E-state index contributed by atoms with van der Waals surface area (Å²) in [5, 5.41) is 10.8. The number of amides is 1. The molecule has 1 amide bonds. The minimum Gasteiger partial charge on any atom is -0.385 e.